The van der Waals surface area contributed by atoms with Crippen molar-refractivity contribution in [3.05, 3.63) is 29.8 Å². The maximum absolute atomic E-state index is 12.1. The van der Waals surface area contributed by atoms with Crippen molar-refractivity contribution in [1.29, 1.82) is 0 Å². The van der Waals surface area contributed by atoms with E-state index in [0.29, 0.717) is 6.42 Å². The maximum atomic E-state index is 12.1. The fourth-order valence-corrected chi connectivity index (χ4v) is 4.05. The van der Waals surface area contributed by atoms with Crippen molar-refractivity contribution in [3.63, 3.8) is 0 Å². The zero-order valence-electron chi connectivity index (χ0n) is 10.3. The number of phenolic OH excluding ortho intramolecular Hbond substituents is 1. The van der Waals surface area contributed by atoms with Gasteiger partial charge in [0.15, 0.2) is 9.84 Å². The average molecular weight is 269 g/mol. The minimum atomic E-state index is -2.99. The zero-order valence-corrected chi connectivity index (χ0v) is 11.1. The molecular formula is C13H19NO3S. The predicted octanol–water partition coefficient (Wildman–Crippen LogP) is 1.10. The van der Waals surface area contributed by atoms with Gasteiger partial charge in [-0.25, -0.2) is 8.42 Å². The molecule has 4 nitrogen and oxygen atoms in total. The highest BCUT2D eigenvalue weighted by Crippen LogP contribution is 2.16. The molecule has 2 rings (SSSR count). The molecule has 1 aliphatic rings. The number of benzene rings is 1. The van der Waals surface area contributed by atoms with E-state index in [4.69, 9.17) is 5.11 Å². The van der Waals surface area contributed by atoms with Crippen LogP contribution in [0.25, 0.3) is 0 Å². The van der Waals surface area contributed by atoms with Gasteiger partial charge in [0.25, 0.3) is 0 Å². The van der Waals surface area contributed by atoms with Gasteiger partial charge in [-0.1, -0.05) is 12.1 Å². The van der Waals surface area contributed by atoms with Gasteiger partial charge in [0.1, 0.15) is 5.75 Å². The summed E-state index contributed by atoms with van der Waals surface area (Å²) in [5.74, 6) is 0.405. The Labute approximate surface area is 108 Å². The van der Waals surface area contributed by atoms with E-state index in [2.05, 4.69) is 5.32 Å². The van der Waals surface area contributed by atoms with Crippen molar-refractivity contribution in [3.8, 4) is 5.75 Å². The van der Waals surface area contributed by atoms with Gasteiger partial charge in [-0.05, 0) is 50.0 Å². The smallest absolute Gasteiger partial charge is 0.153 e. The number of hydrogen-bond acceptors (Lipinski definition) is 4. The van der Waals surface area contributed by atoms with Crippen LogP contribution in [0.15, 0.2) is 24.3 Å². The average Bonchev–Trinajstić information content (AvgIpc) is 2.39. The second-order valence-electron chi connectivity index (χ2n) is 4.73. The van der Waals surface area contributed by atoms with E-state index in [1.54, 1.807) is 24.3 Å². The predicted molar refractivity (Wildman–Crippen MR) is 71.5 cm³/mol. The molecule has 1 saturated heterocycles. The van der Waals surface area contributed by atoms with Crippen LogP contribution in [0.3, 0.4) is 0 Å². The molecular weight excluding hydrogens is 250 g/mol. The van der Waals surface area contributed by atoms with Crippen molar-refractivity contribution in [2.24, 2.45) is 0 Å². The van der Waals surface area contributed by atoms with E-state index in [9.17, 15) is 8.42 Å². The molecule has 0 unspecified atom stereocenters. The molecule has 0 radical (unpaired) electrons. The first-order valence-corrected chi connectivity index (χ1v) is 8.00. The van der Waals surface area contributed by atoms with E-state index < -0.39 is 9.84 Å². The van der Waals surface area contributed by atoms with Gasteiger partial charge in [0.2, 0.25) is 0 Å². The minimum absolute atomic E-state index is 0.184. The molecule has 1 aliphatic heterocycles. The van der Waals surface area contributed by atoms with Gasteiger partial charge >= 0.3 is 0 Å². The normalized spacial score (nSPS) is 17.8. The van der Waals surface area contributed by atoms with Crippen LogP contribution >= 0.6 is 0 Å². The summed E-state index contributed by atoms with van der Waals surface area (Å²) in [6.45, 7) is 1.59. The van der Waals surface area contributed by atoms with Gasteiger partial charge in [-0.15, -0.1) is 0 Å². The lowest BCUT2D eigenvalue weighted by Crippen LogP contribution is -2.37. The fraction of sp³-hybridized carbons (Fsp3) is 0.538. The van der Waals surface area contributed by atoms with E-state index in [-0.39, 0.29) is 16.8 Å². The molecule has 18 heavy (non-hydrogen) atoms. The first-order valence-electron chi connectivity index (χ1n) is 6.28. The third-order valence-electron chi connectivity index (χ3n) is 3.41. The summed E-state index contributed by atoms with van der Waals surface area (Å²) in [6, 6.07) is 6.72. The summed E-state index contributed by atoms with van der Waals surface area (Å²) in [7, 11) is -2.99. The number of rotatable bonds is 4. The lowest BCUT2D eigenvalue weighted by atomic mass is 10.2. The molecule has 0 atom stereocenters. The molecule has 1 aromatic carbocycles. The number of phenols is 1. The molecule has 1 fully saturated rings. The van der Waals surface area contributed by atoms with Gasteiger partial charge < -0.3 is 10.4 Å². The SMILES string of the molecule is O=S(=O)(CCc1ccc(O)cc1)C1CCNCC1. The highest BCUT2D eigenvalue weighted by atomic mass is 32.2. The first kappa shape index (κ1) is 13.4. The third kappa shape index (κ3) is 3.46. The molecule has 0 amide bonds. The topological polar surface area (TPSA) is 66.4 Å². The van der Waals surface area contributed by atoms with Crippen LogP contribution < -0.4 is 5.32 Å². The molecule has 1 aromatic rings. The second-order valence-corrected chi connectivity index (χ2v) is 7.13. The second kappa shape index (κ2) is 5.71. The van der Waals surface area contributed by atoms with Gasteiger partial charge in [0, 0.05) is 0 Å². The fourth-order valence-electron chi connectivity index (χ4n) is 2.24. The maximum Gasteiger partial charge on any atom is 0.153 e. The molecule has 0 spiro atoms. The molecule has 2 N–H and O–H groups in total. The largest absolute Gasteiger partial charge is 0.508 e. The number of aromatic hydroxyl groups is 1. The van der Waals surface area contributed by atoms with Crippen molar-refractivity contribution < 1.29 is 13.5 Å². The van der Waals surface area contributed by atoms with E-state index >= 15 is 0 Å². The Morgan fingerprint density at radius 2 is 1.78 bits per heavy atom. The molecule has 0 bridgehead atoms. The Morgan fingerprint density at radius 1 is 1.17 bits per heavy atom. The number of nitrogens with one attached hydrogen (secondary N) is 1. The van der Waals surface area contributed by atoms with Crippen molar-refractivity contribution >= 4 is 9.84 Å². The van der Waals surface area contributed by atoms with Crippen LogP contribution in [0, 0.1) is 0 Å². The van der Waals surface area contributed by atoms with Crippen LogP contribution in [-0.4, -0.2) is 37.6 Å². The summed E-state index contributed by atoms with van der Waals surface area (Å²) in [6.07, 6.45) is 1.96. The van der Waals surface area contributed by atoms with E-state index in [1.165, 1.54) is 0 Å². The summed E-state index contributed by atoms with van der Waals surface area (Å²) < 4.78 is 24.3. The van der Waals surface area contributed by atoms with Crippen LogP contribution in [0.2, 0.25) is 0 Å². The number of hydrogen-bond donors (Lipinski definition) is 2. The van der Waals surface area contributed by atoms with Crippen LogP contribution in [0.1, 0.15) is 18.4 Å². The number of aryl methyl sites for hydroxylation is 1. The van der Waals surface area contributed by atoms with Crippen molar-refractivity contribution in [2.75, 3.05) is 18.8 Å². The van der Waals surface area contributed by atoms with E-state index in [1.807, 2.05) is 0 Å². The van der Waals surface area contributed by atoms with Crippen LogP contribution in [0.5, 0.6) is 5.75 Å². The Balaban J connectivity index is 1.94. The zero-order chi connectivity index (χ0) is 13.0. The van der Waals surface area contributed by atoms with Crippen molar-refractivity contribution in [2.45, 2.75) is 24.5 Å². The molecule has 0 aliphatic carbocycles. The Bertz CT molecular complexity index is 475. The van der Waals surface area contributed by atoms with Crippen molar-refractivity contribution in [1.82, 2.24) is 5.32 Å². The monoisotopic (exact) mass is 269 g/mol. The van der Waals surface area contributed by atoms with Crippen LogP contribution in [-0.2, 0) is 16.3 Å². The quantitative estimate of drug-likeness (QED) is 0.859. The highest BCUT2D eigenvalue weighted by molar-refractivity contribution is 7.92. The van der Waals surface area contributed by atoms with Gasteiger partial charge in [0.05, 0.1) is 11.0 Å². The number of piperidine rings is 1. The Morgan fingerprint density at radius 3 is 2.39 bits per heavy atom. The lowest BCUT2D eigenvalue weighted by molar-refractivity contribution is 0.475. The Hall–Kier alpha value is -1.07. The minimum Gasteiger partial charge on any atom is -0.508 e. The first-order chi connectivity index (χ1) is 8.58. The number of sulfone groups is 1. The summed E-state index contributed by atoms with van der Waals surface area (Å²) in [5.41, 5.74) is 0.949. The van der Waals surface area contributed by atoms with Gasteiger partial charge in [-0.2, -0.15) is 0 Å². The summed E-state index contributed by atoms with van der Waals surface area (Å²) in [5, 5.41) is 12.2. The molecule has 5 heteroatoms. The lowest BCUT2D eigenvalue weighted by Gasteiger charge is -2.22. The standard InChI is InChI=1S/C13H19NO3S/c15-12-3-1-11(2-4-12)7-10-18(16,17)13-5-8-14-9-6-13/h1-4,13-15H,5-10H2. The Kier molecular flexibility index (Phi) is 4.24. The van der Waals surface area contributed by atoms with Crippen LogP contribution in [0.4, 0.5) is 0 Å². The molecule has 0 saturated carbocycles. The molecule has 0 aromatic heterocycles. The third-order valence-corrected chi connectivity index (χ3v) is 5.67. The van der Waals surface area contributed by atoms with E-state index in [0.717, 1.165) is 31.5 Å². The summed E-state index contributed by atoms with van der Waals surface area (Å²) in [4.78, 5) is 0. The van der Waals surface area contributed by atoms with Gasteiger partial charge in [-0.3, -0.25) is 0 Å². The highest BCUT2D eigenvalue weighted by Gasteiger charge is 2.26. The summed E-state index contributed by atoms with van der Waals surface area (Å²) >= 11 is 0. The molecule has 100 valence electrons. The molecule has 1 heterocycles.